The fraction of sp³-hybridized carbons (Fsp3) is 0.308. The Hall–Kier alpha value is -3.78. The molecule has 4 rings (SSSR count). The minimum Gasteiger partial charge on any atom is -0.340 e. The van der Waals surface area contributed by atoms with Crippen molar-refractivity contribution < 1.29 is 4.79 Å². The molecule has 2 amide bonds. The molecule has 0 atom stereocenters. The van der Waals surface area contributed by atoms with E-state index < -0.39 is 0 Å². The largest absolute Gasteiger partial charge is 0.340 e. The molecule has 0 radical (unpaired) electrons. The first-order valence-electron chi connectivity index (χ1n) is 11.5. The molecule has 1 saturated heterocycles. The number of nitrogens with one attached hydrogen (secondary N) is 2. The van der Waals surface area contributed by atoms with Crippen LogP contribution in [-0.4, -0.2) is 57.9 Å². The second-order valence-electron chi connectivity index (χ2n) is 8.58. The maximum Gasteiger partial charge on any atom is 0.326 e. The molecule has 0 bridgehead atoms. The zero-order valence-electron chi connectivity index (χ0n) is 20.0. The number of urea groups is 1. The van der Waals surface area contributed by atoms with E-state index in [0.717, 1.165) is 55.4 Å². The number of guanidine groups is 1. The van der Waals surface area contributed by atoms with Crippen molar-refractivity contribution in [3.8, 4) is 0 Å². The lowest BCUT2D eigenvalue weighted by Crippen LogP contribution is -2.53. The van der Waals surface area contributed by atoms with Gasteiger partial charge >= 0.3 is 6.03 Å². The molecule has 0 aliphatic carbocycles. The Labute approximate surface area is 200 Å². The highest BCUT2D eigenvalue weighted by molar-refractivity contribution is 6.03. The average Bonchev–Trinajstić information content (AvgIpc) is 2.81. The zero-order chi connectivity index (χ0) is 23.9. The van der Waals surface area contributed by atoms with Gasteiger partial charge in [0.15, 0.2) is 0 Å². The highest BCUT2D eigenvalue weighted by atomic mass is 16.2. The molecule has 2 N–H and O–H groups in total. The van der Waals surface area contributed by atoms with Gasteiger partial charge in [0.25, 0.3) is 5.95 Å². The smallest absolute Gasteiger partial charge is 0.326 e. The number of anilines is 1. The van der Waals surface area contributed by atoms with Gasteiger partial charge in [-0.3, -0.25) is 10.2 Å². The van der Waals surface area contributed by atoms with Gasteiger partial charge < -0.3 is 10.2 Å². The lowest BCUT2D eigenvalue weighted by molar-refractivity contribution is 0.173. The van der Waals surface area contributed by atoms with Crippen LogP contribution in [0.4, 0.5) is 16.4 Å². The third-order valence-corrected chi connectivity index (χ3v) is 5.63. The van der Waals surface area contributed by atoms with Crippen LogP contribution in [0.5, 0.6) is 0 Å². The van der Waals surface area contributed by atoms with Crippen molar-refractivity contribution in [3.63, 3.8) is 0 Å². The maximum absolute atomic E-state index is 12.8. The predicted octanol–water partition coefficient (Wildman–Crippen LogP) is 4.03. The fourth-order valence-corrected chi connectivity index (χ4v) is 3.89. The lowest BCUT2D eigenvalue weighted by atomic mass is 10.2. The molecule has 1 fully saturated rings. The third kappa shape index (κ3) is 6.62. The zero-order valence-corrected chi connectivity index (χ0v) is 20.0. The number of hydrogen-bond acceptors (Lipinski definition) is 5. The van der Waals surface area contributed by atoms with E-state index in [9.17, 15) is 4.79 Å². The molecule has 34 heavy (non-hydrogen) atoms. The van der Waals surface area contributed by atoms with Gasteiger partial charge in [0.1, 0.15) is 0 Å². The molecule has 0 saturated carbocycles. The lowest BCUT2D eigenvalue weighted by Gasteiger charge is -2.36. The highest BCUT2D eigenvalue weighted by Gasteiger charge is 2.22. The Balaban J connectivity index is 1.47. The van der Waals surface area contributed by atoms with E-state index in [1.165, 1.54) is 5.56 Å². The first kappa shape index (κ1) is 23.4. The number of piperazine rings is 1. The van der Waals surface area contributed by atoms with Gasteiger partial charge in [0, 0.05) is 49.8 Å². The van der Waals surface area contributed by atoms with Crippen LogP contribution in [0, 0.1) is 20.8 Å². The molecule has 3 aromatic rings. The predicted molar refractivity (Wildman–Crippen MR) is 135 cm³/mol. The van der Waals surface area contributed by atoms with E-state index in [1.54, 1.807) is 0 Å². The monoisotopic (exact) mass is 457 g/mol. The molecule has 2 heterocycles. The van der Waals surface area contributed by atoms with E-state index in [-0.39, 0.29) is 6.03 Å². The van der Waals surface area contributed by atoms with Crippen molar-refractivity contribution >= 4 is 23.6 Å². The summed E-state index contributed by atoms with van der Waals surface area (Å²) in [5, 5.41) is 5.81. The summed E-state index contributed by atoms with van der Waals surface area (Å²) in [5.74, 6) is 0.795. The third-order valence-electron chi connectivity index (χ3n) is 5.63. The molecule has 1 aliphatic rings. The van der Waals surface area contributed by atoms with Crippen LogP contribution >= 0.6 is 0 Å². The number of rotatable bonds is 4. The normalized spacial score (nSPS) is 14.7. The second kappa shape index (κ2) is 10.9. The standard InChI is InChI=1S/C26H31N7O/c1-19-9-11-23(12-10-19)29-26(34)31-25(30-24-27-20(2)17-21(3)28-24)33-15-13-32(14-16-33)18-22-7-5-4-6-8-22/h4-12,17H,13-16,18H2,1-3H3,(H2,27,28,29,30,31,34). The molecule has 1 aromatic heterocycles. The number of aromatic nitrogens is 2. The van der Waals surface area contributed by atoms with E-state index in [4.69, 9.17) is 0 Å². The van der Waals surface area contributed by atoms with Gasteiger partial charge in [-0.1, -0.05) is 48.0 Å². The van der Waals surface area contributed by atoms with Crippen molar-refractivity contribution in [2.45, 2.75) is 27.3 Å². The second-order valence-corrected chi connectivity index (χ2v) is 8.58. The van der Waals surface area contributed by atoms with Crippen molar-refractivity contribution in [2.75, 3.05) is 31.5 Å². The minimum absolute atomic E-state index is 0.342. The van der Waals surface area contributed by atoms with Crippen molar-refractivity contribution in [2.24, 2.45) is 4.99 Å². The molecule has 8 nitrogen and oxygen atoms in total. The molecule has 8 heteroatoms. The van der Waals surface area contributed by atoms with Gasteiger partial charge in [-0.15, -0.1) is 0 Å². The number of carbonyl (C=O) groups is 1. The van der Waals surface area contributed by atoms with Crippen LogP contribution in [0.25, 0.3) is 0 Å². The van der Waals surface area contributed by atoms with Gasteiger partial charge in [-0.05, 0) is 44.5 Å². The van der Waals surface area contributed by atoms with E-state index in [0.29, 0.717) is 11.9 Å². The van der Waals surface area contributed by atoms with Crippen LogP contribution in [0.1, 0.15) is 22.5 Å². The quantitative estimate of drug-likeness (QED) is 0.456. The molecule has 176 valence electrons. The van der Waals surface area contributed by atoms with Crippen LogP contribution < -0.4 is 10.6 Å². The molecule has 0 spiro atoms. The molecule has 2 aromatic carbocycles. The number of nitrogens with zero attached hydrogens (tertiary/aromatic N) is 5. The number of benzene rings is 2. The summed E-state index contributed by atoms with van der Waals surface area (Å²) >= 11 is 0. The SMILES string of the molecule is Cc1ccc(NC(=O)N/C(=N/c2nc(C)cc(C)n2)N2CCN(Cc3ccccc3)CC2)cc1. The Kier molecular flexibility index (Phi) is 7.49. The number of hydrogen-bond donors (Lipinski definition) is 2. The molecular weight excluding hydrogens is 426 g/mol. The summed E-state index contributed by atoms with van der Waals surface area (Å²) in [6, 6.07) is 19.7. The summed E-state index contributed by atoms with van der Waals surface area (Å²) in [5.41, 5.74) is 4.82. The number of carbonyl (C=O) groups excluding carboxylic acids is 1. The highest BCUT2D eigenvalue weighted by Crippen LogP contribution is 2.13. The van der Waals surface area contributed by atoms with Crippen LogP contribution in [0.15, 0.2) is 65.7 Å². The van der Waals surface area contributed by atoms with Crippen molar-refractivity contribution in [1.82, 2.24) is 25.1 Å². The van der Waals surface area contributed by atoms with Gasteiger partial charge in [0.05, 0.1) is 0 Å². The van der Waals surface area contributed by atoms with Gasteiger partial charge in [0.2, 0.25) is 5.96 Å². The number of amides is 2. The van der Waals surface area contributed by atoms with Crippen molar-refractivity contribution in [3.05, 3.63) is 83.2 Å². The van der Waals surface area contributed by atoms with Crippen LogP contribution in [-0.2, 0) is 6.54 Å². The van der Waals surface area contributed by atoms with Gasteiger partial charge in [-0.2, -0.15) is 4.99 Å². The summed E-state index contributed by atoms with van der Waals surface area (Å²) < 4.78 is 0. The van der Waals surface area contributed by atoms with Gasteiger partial charge in [-0.25, -0.2) is 14.8 Å². The van der Waals surface area contributed by atoms with Crippen LogP contribution in [0.3, 0.4) is 0 Å². The Morgan fingerprint density at radius 3 is 2.21 bits per heavy atom. The topological polar surface area (TPSA) is 85.7 Å². The first-order chi connectivity index (χ1) is 16.4. The van der Waals surface area contributed by atoms with E-state index in [2.05, 4.69) is 59.7 Å². The first-order valence-corrected chi connectivity index (χ1v) is 11.5. The van der Waals surface area contributed by atoms with E-state index in [1.807, 2.05) is 57.2 Å². The number of aryl methyl sites for hydroxylation is 3. The molecule has 1 aliphatic heterocycles. The fourth-order valence-electron chi connectivity index (χ4n) is 3.89. The minimum atomic E-state index is -0.348. The van der Waals surface area contributed by atoms with Crippen molar-refractivity contribution in [1.29, 1.82) is 0 Å². The maximum atomic E-state index is 12.8. The Morgan fingerprint density at radius 2 is 1.56 bits per heavy atom. The summed E-state index contributed by atoms with van der Waals surface area (Å²) in [6.07, 6.45) is 0. The number of aliphatic imine (C=N–C) groups is 1. The molecular formula is C26H31N7O. The summed E-state index contributed by atoms with van der Waals surface area (Å²) in [6.45, 7) is 9.94. The summed E-state index contributed by atoms with van der Waals surface area (Å²) in [4.78, 5) is 30.8. The summed E-state index contributed by atoms with van der Waals surface area (Å²) in [7, 11) is 0. The Morgan fingerprint density at radius 1 is 0.912 bits per heavy atom. The van der Waals surface area contributed by atoms with E-state index >= 15 is 0 Å². The Bertz CT molecular complexity index is 1120. The average molecular weight is 458 g/mol. The van der Waals surface area contributed by atoms with Crippen LogP contribution in [0.2, 0.25) is 0 Å². The molecule has 0 unspecified atom stereocenters.